The highest BCUT2D eigenvalue weighted by Gasteiger charge is 2.03. The standard InChI is InChI=1S/C15H18N2O3S/c1-19-15(18)17-12-5-3-11(4-6-12)16-9-13-7-8-14(20-13)10-21-2/h3-8,16H,9-10H2,1-2H3,(H,17,18). The van der Waals surface area contributed by atoms with Crippen molar-refractivity contribution >= 4 is 29.2 Å². The number of benzene rings is 1. The van der Waals surface area contributed by atoms with Crippen molar-refractivity contribution in [2.75, 3.05) is 24.0 Å². The number of rotatable bonds is 6. The molecule has 1 aromatic heterocycles. The summed E-state index contributed by atoms with van der Waals surface area (Å²) in [5, 5.41) is 5.87. The van der Waals surface area contributed by atoms with Crippen LogP contribution in [0.1, 0.15) is 11.5 Å². The van der Waals surface area contributed by atoms with Gasteiger partial charge >= 0.3 is 6.09 Å². The average Bonchev–Trinajstić information content (AvgIpc) is 2.94. The summed E-state index contributed by atoms with van der Waals surface area (Å²) in [5.41, 5.74) is 1.64. The maximum Gasteiger partial charge on any atom is 0.411 e. The van der Waals surface area contributed by atoms with Gasteiger partial charge in [-0.3, -0.25) is 5.32 Å². The van der Waals surface area contributed by atoms with E-state index in [1.54, 1.807) is 23.9 Å². The van der Waals surface area contributed by atoms with Crippen LogP contribution in [0.15, 0.2) is 40.8 Å². The molecule has 0 radical (unpaired) electrons. The highest BCUT2D eigenvalue weighted by atomic mass is 32.2. The van der Waals surface area contributed by atoms with Gasteiger partial charge < -0.3 is 14.5 Å². The molecule has 2 rings (SSSR count). The summed E-state index contributed by atoms with van der Waals surface area (Å²) in [7, 11) is 1.33. The number of amides is 1. The van der Waals surface area contributed by atoms with Crippen molar-refractivity contribution in [3.63, 3.8) is 0 Å². The quantitative estimate of drug-likeness (QED) is 0.846. The molecule has 2 aromatic rings. The van der Waals surface area contributed by atoms with Gasteiger partial charge in [-0.1, -0.05) is 0 Å². The molecule has 0 bridgehead atoms. The molecule has 2 N–H and O–H groups in total. The summed E-state index contributed by atoms with van der Waals surface area (Å²) in [6.45, 7) is 0.623. The van der Waals surface area contributed by atoms with Crippen LogP contribution in [-0.4, -0.2) is 19.5 Å². The van der Waals surface area contributed by atoms with E-state index < -0.39 is 6.09 Å². The van der Waals surface area contributed by atoms with Gasteiger partial charge in [0.05, 0.1) is 19.4 Å². The third-order valence-corrected chi connectivity index (χ3v) is 3.36. The molecule has 6 heteroatoms. The number of ether oxygens (including phenoxy) is 1. The molecular formula is C15H18N2O3S. The third-order valence-electron chi connectivity index (χ3n) is 2.79. The van der Waals surface area contributed by atoms with Crippen molar-refractivity contribution in [2.45, 2.75) is 12.3 Å². The maximum absolute atomic E-state index is 11.1. The van der Waals surface area contributed by atoms with E-state index in [0.29, 0.717) is 12.2 Å². The van der Waals surface area contributed by atoms with Gasteiger partial charge in [0, 0.05) is 11.4 Å². The van der Waals surface area contributed by atoms with Crippen LogP contribution >= 0.6 is 11.8 Å². The lowest BCUT2D eigenvalue weighted by atomic mass is 10.2. The van der Waals surface area contributed by atoms with Gasteiger partial charge in [0.25, 0.3) is 0 Å². The Balaban J connectivity index is 1.86. The van der Waals surface area contributed by atoms with Crippen LogP contribution in [0.5, 0.6) is 0 Å². The van der Waals surface area contributed by atoms with Crippen LogP contribution in [-0.2, 0) is 17.0 Å². The minimum Gasteiger partial charge on any atom is -0.463 e. The van der Waals surface area contributed by atoms with Gasteiger partial charge in [0.2, 0.25) is 0 Å². The fraction of sp³-hybridized carbons (Fsp3) is 0.267. The molecule has 21 heavy (non-hydrogen) atoms. The summed E-state index contributed by atoms with van der Waals surface area (Å²) in [5.74, 6) is 2.76. The molecule has 1 aromatic carbocycles. The van der Waals surface area contributed by atoms with Crippen molar-refractivity contribution in [3.8, 4) is 0 Å². The smallest absolute Gasteiger partial charge is 0.411 e. The first-order valence-corrected chi connectivity index (χ1v) is 7.86. The number of methoxy groups -OCH3 is 1. The monoisotopic (exact) mass is 306 g/mol. The maximum atomic E-state index is 11.1. The highest BCUT2D eigenvalue weighted by molar-refractivity contribution is 7.97. The van der Waals surface area contributed by atoms with E-state index in [1.165, 1.54) is 7.11 Å². The van der Waals surface area contributed by atoms with Gasteiger partial charge in [-0.05, 0) is 42.7 Å². The van der Waals surface area contributed by atoms with Crippen molar-refractivity contribution in [2.24, 2.45) is 0 Å². The zero-order chi connectivity index (χ0) is 15.1. The predicted molar refractivity (Wildman–Crippen MR) is 85.7 cm³/mol. The Morgan fingerprint density at radius 2 is 1.81 bits per heavy atom. The molecule has 0 aliphatic rings. The van der Waals surface area contributed by atoms with Crippen molar-refractivity contribution < 1.29 is 13.9 Å². The normalized spacial score (nSPS) is 10.2. The first-order chi connectivity index (χ1) is 10.2. The zero-order valence-electron chi connectivity index (χ0n) is 12.0. The largest absolute Gasteiger partial charge is 0.463 e. The molecule has 1 heterocycles. The lowest BCUT2D eigenvalue weighted by molar-refractivity contribution is 0.187. The van der Waals surface area contributed by atoms with Gasteiger partial charge in [-0.15, -0.1) is 0 Å². The van der Waals surface area contributed by atoms with Gasteiger partial charge in [0.1, 0.15) is 11.5 Å². The summed E-state index contributed by atoms with van der Waals surface area (Å²) in [6.07, 6.45) is 1.57. The second-order valence-electron chi connectivity index (χ2n) is 4.35. The highest BCUT2D eigenvalue weighted by Crippen LogP contribution is 2.17. The Bertz CT molecular complexity index is 581. The number of hydrogen-bond donors (Lipinski definition) is 2. The fourth-order valence-corrected chi connectivity index (χ4v) is 2.21. The first-order valence-electron chi connectivity index (χ1n) is 6.46. The minimum absolute atomic E-state index is 0.479. The van der Waals surface area contributed by atoms with E-state index in [9.17, 15) is 4.79 Å². The SMILES string of the molecule is COC(=O)Nc1ccc(NCc2ccc(CSC)o2)cc1. The van der Waals surface area contributed by atoms with Gasteiger partial charge in [-0.2, -0.15) is 11.8 Å². The molecule has 5 nitrogen and oxygen atoms in total. The lowest BCUT2D eigenvalue weighted by Crippen LogP contribution is -2.10. The van der Waals surface area contributed by atoms with Crippen LogP contribution in [0.25, 0.3) is 0 Å². The van der Waals surface area contributed by atoms with Crippen LogP contribution in [0.2, 0.25) is 0 Å². The number of furan rings is 1. The van der Waals surface area contributed by atoms with Crippen molar-refractivity contribution in [3.05, 3.63) is 47.9 Å². The number of thioether (sulfide) groups is 1. The number of carbonyl (C=O) groups excluding carboxylic acids is 1. The van der Waals surface area contributed by atoms with Crippen molar-refractivity contribution in [1.82, 2.24) is 0 Å². The molecule has 0 aliphatic heterocycles. The molecule has 0 aliphatic carbocycles. The molecule has 0 saturated heterocycles. The van der Waals surface area contributed by atoms with Crippen LogP contribution in [0.4, 0.5) is 16.2 Å². The Labute approximate surface area is 128 Å². The summed E-state index contributed by atoms with van der Waals surface area (Å²) in [6, 6.07) is 11.4. The average molecular weight is 306 g/mol. The van der Waals surface area contributed by atoms with Crippen LogP contribution in [0.3, 0.4) is 0 Å². The molecule has 112 valence electrons. The predicted octanol–water partition coefficient (Wildman–Crippen LogP) is 3.93. The summed E-state index contributed by atoms with van der Waals surface area (Å²) in [4.78, 5) is 11.1. The topological polar surface area (TPSA) is 63.5 Å². The molecule has 0 unspecified atom stereocenters. The fourth-order valence-electron chi connectivity index (χ4n) is 1.77. The zero-order valence-corrected chi connectivity index (χ0v) is 12.8. The van der Waals surface area contributed by atoms with E-state index in [2.05, 4.69) is 15.4 Å². The van der Waals surface area contributed by atoms with E-state index in [4.69, 9.17) is 4.42 Å². The Morgan fingerprint density at radius 3 is 2.48 bits per heavy atom. The third kappa shape index (κ3) is 4.75. The van der Waals surface area contributed by atoms with Crippen LogP contribution in [0, 0.1) is 0 Å². The lowest BCUT2D eigenvalue weighted by Gasteiger charge is -2.07. The molecule has 0 fully saturated rings. The van der Waals surface area contributed by atoms with E-state index in [1.807, 2.05) is 30.5 Å². The summed E-state index contributed by atoms with van der Waals surface area (Å²) >= 11 is 1.73. The van der Waals surface area contributed by atoms with E-state index in [-0.39, 0.29) is 0 Å². The number of carbonyl (C=O) groups is 1. The van der Waals surface area contributed by atoms with E-state index >= 15 is 0 Å². The minimum atomic E-state index is -0.479. The molecule has 0 saturated carbocycles. The van der Waals surface area contributed by atoms with Crippen molar-refractivity contribution in [1.29, 1.82) is 0 Å². The number of nitrogens with one attached hydrogen (secondary N) is 2. The summed E-state index contributed by atoms with van der Waals surface area (Å²) < 4.78 is 10.2. The van der Waals surface area contributed by atoms with Crippen LogP contribution < -0.4 is 10.6 Å². The second kappa shape index (κ2) is 7.64. The molecule has 1 amide bonds. The Hall–Kier alpha value is -2.08. The number of hydrogen-bond acceptors (Lipinski definition) is 5. The number of anilines is 2. The molecule has 0 atom stereocenters. The first kappa shape index (κ1) is 15.3. The van der Waals surface area contributed by atoms with Gasteiger partial charge in [0.15, 0.2) is 0 Å². The van der Waals surface area contributed by atoms with E-state index in [0.717, 1.165) is 23.0 Å². The van der Waals surface area contributed by atoms with Gasteiger partial charge in [-0.25, -0.2) is 4.79 Å². The Morgan fingerprint density at radius 1 is 1.14 bits per heavy atom. The molecule has 0 spiro atoms. The second-order valence-corrected chi connectivity index (χ2v) is 5.21. The molecular weight excluding hydrogens is 288 g/mol. The Kier molecular flexibility index (Phi) is 5.57.